The monoisotopic (exact) mass is 362 g/mol. The van der Waals surface area contributed by atoms with Crippen molar-refractivity contribution in [2.24, 2.45) is 0 Å². The van der Waals surface area contributed by atoms with Crippen LogP contribution in [-0.2, 0) is 12.8 Å². The van der Waals surface area contributed by atoms with Gasteiger partial charge in [-0.05, 0) is 35.4 Å². The van der Waals surface area contributed by atoms with E-state index >= 15 is 0 Å². The minimum absolute atomic E-state index is 0.0749. The lowest BCUT2D eigenvalue weighted by molar-refractivity contribution is 0.507. The van der Waals surface area contributed by atoms with Crippen LogP contribution in [0.25, 0.3) is 0 Å². The molecule has 1 heterocycles. The minimum atomic E-state index is -0.986. The average molecular weight is 362 g/mol. The summed E-state index contributed by atoms with van der Waals surface area (Å²) in [6, 6.07) is 6.93. The number of rotatable bonds is 4. The molecule has 0 spiro atoms. The molecule has 0 amide bonds. The molecule has 4 N–H and O–H groups in total. The highest BCUT2D eigenvalue weighted by atomic mass is 19.2. The summed E-state index contributed by atoms with van der Waals surface area (Å²) in [6.07, 6.45) is 0.245. The first kappa shape index (κ1) is 17.7. The van der Waals surface area contributed by atoms with Crippen molar-refractivity contribution < 1.29 is 17.6 Å². The highest BCUT2D eigenvalue weighted by Crippen LogP contribution is 2.23. The first-order chi connectivity index (χ1) is 12.3. The lowest BCUT2D eigenvalue weighted by Gasteiger charge is -2.12. The van der Waals surface area contributed by atoms with Crippen LogP contribution in [0.5, 0.6) is 0 Å². The van der Waals surface area contributed by atoms with Crippen molar-refractivity contribution in [2.75, 3.05) is 11.5 Å². The molecule has 0 bridgehead atoms. The topological polar surface area (TPSA) is 77.8 Å². The van der Waals surface area contributed by atoms with Crippen LogP contribution in [0.2, 0.25) is 0 Å². The lowest BCUT2D eigenvalue weighted by Crippen LogP contribution is -2.10. The fourth-order valence-corrected chi connectivity index (χ4v) is 2.60. The SMILES string of the molecule is Nc1nc(N)c(Cc2ccc(F)c(F)c2)c(Cc2ccc(F)c(F)c2)n1. The van der Waals surface area contributed by atoms with Crippen LogP contribution in [0, 0.1) is 23.3 Å². The van der Waals surface area contributed by atoms with E-state index in [4.69, 9.17) is 11.5 Å². The molecule has 3 rings (SSSR count). The van der Waals surface area contributed by atoms with Gasteiger partial charge in [-0.15, -0.1) is 0 Å². The van der Waals surface area contributed by atoms with E-state index in [-0.39, 0.29) is 24.6 Å². The van der Waals surface area contributed by atoms with Gasteiger partial charge >= 0.3 is 0 Å². The number of halogens is 4. The normalized spacial score (nSPS) is 10.9. The minimum Gasteiger partial charge on any atom is -0.383 e. The number of anilines is 2. The molecule has 0 atom stereocenters. The predicted octanol–water partition coefficient (Wildman–Crippen LogP) is 3.38. The van der Waals surface area contributed by atoms with Gasteiger partial charge in [0.15, 0.2) is 23.3 Å². The molecule has 26 heavy (non-hydrogen) atoms. The molecule has 0 saturated carbocycles. The Morgan fingerprint density at radius 2 is 1.23 bits per heavy atom. The van der Waals surface area contributed by atoms with Crippen LogP contribution in [0.15, 0.2) is 36.4 Å². The van der Waals surface area contributed by atoms with Crippen LogP contribution in [0.1, 0.15) is 22.4 Å². The van der Waals surface area contributed by atoms with Gasteiger partial charge in [-0.1, -0.05) is 12.1 Å². The van der Waals surface area contributed by atoms with Gasteiger partial charge in [0, 0.05) is 18.4 Å². The van der Waals surface area contributed by atoms with Crippen LogP contribution in [0.3, 0.4) is 0 Å². The number of nitrogens with two attached hydrogens (primary N) is 2. The zero-order valence-corrected chi connectivity index (χ0v) is 13.4. The van der Waals surface area contributed by atoms with Crippen LogP contribution in [-0.4, -0.2) is 9.97 Å². The molecule has 0 aliphatic rings. The maximum Gasteiger partial charge on any atom is 0.222 e. The predicted molar refractivity (Wildman–Crippen MR) is 89.2 cm³/mol. The first-order valence-corrected chi connectivity index (χ1v) is 7.62. The summed E-state index contributed by atoms with van der Waals surface area (Å²) in [5, 5.41) is 0. The second kappa shape index (κ2) is 6.99. The van der Waals surface area contributed by atoms with Crippen molar-refractivity contribution in [3.05, 3.63) is 82.1 Å². The molecule has 1 aromatic heterocycles. The van der Waals surface area contributed by atoms with Gasteiger partial charge in [-0.2, -0.15) is 4.98 Å². The average Bonchev–Trinajstić information content (AvgIpc) is 2.57. The highest BCUT2D eigenvalue weighted by molar-refractivity contribution is 5.49. The molecule has 2 aromatic carbocycles. The molecule has 0 saturated heterocycles. The summed E-state index contributed by atoms with van der Waals surface area (Å²) in [4.78, 5) is 8.01. The smallest absolute Gasteiger partial charge is 0.222 e. The number of hydrogen-bond acceptors (Lipinski definition) is 4. The molecule has 134 valence electrons. The Morgan fingerprint density at radius 1 is 0.692 bits per heavy atom. The molecular formula is C18H14F4N4. The molecule has 0 radical (unpaired) electrons. The summed E-state index contributed by atoms with van der Waals surface area (Å²) in [5.41, 5.74) is 13.3. The summed E-state index contributed by atoms with van der Waals surface area (Å²) in [6.45, 7) is 0. The number of hydrogen-bond donors (Lipinski definition) is 2. The van der Waals surface area contributed by atoms with Gasteiger partial charge in [-0.3, -0.25) is 0 Å². The Kier molecular flexibility index (Phi) is 4.75. The van der Waals surface area contributed by atoms with Crippen molar-refractivity contribution in [3.8, 4) is 0 Å². The summed E-state index contributed by atoms with van der Waals surface area (Å²) < 4.78 is 53.1. The summed E-state index contributed by atoms with van der Waals surface area (Å²) in [7, 11) is 0. The zero-order valence-electron chi connectivity index (χ0n) is 13.4. The Labute approximate surface area is 146 Å². The number of nitrogens with zero attached hydrogens (tertiary/aromatic N) is 2. The van der Waals surface area contributed by atoms with Gasteiger partial charge in [0.25, 0.3) is 0 Å². The molecule has 3 aromatic rings. The van der Waals surface area contributed by atoms with Crippen molar-refractivity contribution in [1.82, 2.24) is 9.97 Å². The molecule has 0 unspecified atom stereocenters. The number of benzene rings is 2. The Balaban J connectivity index is 1.98. The third kappa shape index (κ3) is 3.74. The largest absolute Gasteiger partial charge is 0.383 e. The fourth-order valence-electron chi connectivity index (χ4n) is 2.60. The number of nitrogen functional groups attached to an aromatic ring is 2. The van der Waals surface area contributed by atoms with E-state index in [1.165, 1.54) is 12.1 Å². The molecule has 0 aliphatic carbocycles. The van der Waals surface area contributed by atoms with Gasteiger partial charge in [0.1, 0.15) is 5.82 Å². The molecule has 0 aliphatic heterocycles. The van der Waals surface area contributed by atoms with Crippen molar-refractivity contribution in [3.63, 3.8) is 0 Å². The second-order valence-electron chi connectivity index (χ2n) is 5.74. The maximum absolute atomic E-state index is 13.4. The highest BCUT2D eigenvalue weighted by Gasteiger charge is 2.15. The van der Waals surface area contributed by atoms with Crippen LogP contribution in [0.4, 0.5) is 29.3 Å². The van der Waals surface area contributed by atoms with Crippen LogP contribution >= 0.6 is 0 Å². The quantitative estimate of drug-likeness (QED) is 0.698. The number of aromatic nitrogens is 2. The van der Waals surface area contributed by atoms with E-state index in [0.717, 1.165) is 24.3 Å². The van der Waals surface area contributed by atoms with Crippen molar-refractivity contribution >= 4 is 11.8 Å². The summed E-state index contributed by atoms with van der Waals surface area (Å²) in [5.74, 6) is -3.89. The Bertz CT molecular complexity index is 976. The van der Waals surface area contributed by atoms with Crippen molar-refractivity contribution in [2.45, 2.75) is 12.8 Å². The molecular weight excluding hydrogens is 348 g/mol. The van der Waals surface area contributed by atoms with Crippen molar-refractivity contribution in [1.29, 1.82) is 0 Å². The third-order valence-corrected chi connectivity index (χ3v) is 3.86. The summed E-state index contributed by atoms with van der Waals surface area (Å²) >= 11 is 0. The van der Waals surface area contributed by atoms with Gasteiger partial charge in [0.2, 0.25) is 5.95 Å². The second-order valence-corrected chi connectivity index (χ2v) is 5.74. The van der Waals surface area contributed by atoms with Gasteiger partial charge in [0.05, 0.1) is 5.69 Å². The Hall–Kier alpha value is -3.16. The van der Waals surface area contributed by atoms with E-state index in [9.17, 15) is 17.6 Å². The molecule has 0 fully saturated rings. The lowest BCUT2D eigenvalue weighted by atomic mass is 9.99. The Morgan fingerprint density at radius 3 is 1.77 bits per heavy atom. The van der Waals surface area contributed by atoms with E-state index < -0.39 is 23.3 Å². The zero-order chi connectivity index (χ0) is 18.8. The van der Waals surface area contributed by atoms with E-state index in [0.29, 0.717) is 22.4 Å². The molecule has 8 heteroatoms. The van der Waals surface area contributed by atoms with Gasteiger partial charge < -0.3 is 11.5 Å². The van der Waals surface area contributed by atoms with Crippen LogP contribution < -0.4 is 11.5 Å². The van der Waals surface area contributed by atoms with Gasteiger partial charge in [-0.25, -0.2) is 22.5 Å². The molecule has 4 nitrogen and oxygen atoms in total. The fraction of sp³-hybridized carbons (Fsp3) is 0.111. The van der Waals surface area contributed by atoms with E-state index in [1.807, 2.05) is 0 Å². The van der Waals surface area contributed by atoms with E-state index in [1.54, 1.807) is 0 Å². The standard InChI is InChI=1S/C18H14F4N4/c19-12-3-1-9(6-14(12)21)5-11-16(25-18(24)26-17(11)23)8-10-2-4-13(20)15(22)7-10/h1-4,6-7H,5,8H2,(H4,23,24,25,26). The first-order valence-electron chi connectivity index (χ1n) is 7.62. The van der Waals surface area contributed by atoms with E-state index in [2.05, 4.69) is 9.97 Å². The maximum atomic E-state index is 13.4. The third-order valence-electron chi connectivity index (χ3n) is 3.86.